The van der Waals surface area contributed by atoms with Crippen LogP contribution in [0.15, 0.2) is 24.3 Å². The lowest BCUT2D eigenvalue weighted by molar-refractivity contribution is -0.143. The number of ether oxygens (including phenoxy) is 2. The third-order valence-corrected chi connectivity index (χ3v) is 4.17. The number of likely N-dealkylation sites (tertiary alicyclic amines) is 1. The van der Waals surface area contributed by atoms with Gasteiger partial charge in [-0.25, -0.2) is 0 Å². The first-order valence-electron chi connectivity index (χ1n) is 7.52. The molecule has 1 N–H and O–H groups in total. The van der Waals surface area contributed by atoms with E-state index in [0.717, 1.165) is 12.8 Å². The molecule has 118 valence electrons. The van der Waals surface area contributed by atoms with Gasteiger partial charge in [0.2, 0.25) is 6.10 Å². The van der Waals surface area contributed by atoms with Gasteiger partial charge in [-0.05, 0) is 30.9 Å². The van der Waals surface area contributed by atoms with E-state index in [1.165, 1.54) is 0 Å². The van der Waals surface area contributed by atoms with Crippen molar-refractivity contribution in [1.82, 2.24) is 4.90 Å². The van der Waals surface area contributed by atoms with Crippen molar-refractivity contribution in [2.45, 2.75) is 25.4 Å². The number of hydrogen-bond donors (Lipinski definition) is 1. The number of benzene rings is 1. The van der Waals surface area contributed by atoms with Crippen LogP contribution >= 0.6 is 0 Å². The van der Waals surface area contributed by atoms with Gasteiger partial charge in [-0.15, -0.1) is 0 Å². The number of carboxylic acid groups (broad SMARTS) is 1. The Bertz CT molecular complexity index is 565. The van der Waals surface area contributed by atoms with Gasteiger partial charge in [-0.3, -0.25) is 9.59 Å². The van der Waals surface area contributed by atoms with E-state index in [1.54, 1.807) is 11.0 Å². The summed E-state index contributed by atoms with van der Waals surface area (Å²) < 4.78 is 11.3. The fourth-order valence-corrected chi connectivity index (χ4v) is 2.95. The molecule has 1 aromatic carbocycles. The maximum atomic E-state index is 12.5. The van der Waals surface area contributed by atoms with Gasteiger partial charge in [0, 0.05) is 19.5 Å². The number of para-hydroxylation sites is 2. The Kier molecular flexibility index (Phi) is 4.18. The number of piperidine rings is 1. The van der Waals surface area contributed by atoms with Crippen molar-refractivity contribution in [3.8, 4) is 11.5 Å². The summed E-state index contributed by atoms with van der Waals surface area (Å²) in [6.45, 7) is 1.38. The molecule has 6 nitrogen and oxygen atoms in total. The summed E-state index contributed by atoms with van der Waals surface area (Å²) in [7, 11) is 0. The quantitative estimate of drug-likeness (QED) is 0.916. The minimum absolute atomic E-state index is 0.0803. The van der Waals surface area contributed by atoms with Crippen molar-refractivity contribution in [3.05, 3.63) is 24.3 Å². The summed E-state index contributed by atoms with van der Waals surface area (Å²) in [4.78, 5) is 25.0. The lowest BCUT2D eigenvalue weighted by Crippen LogP contribution is -2.49. The fraction of sp³-hybridized carbons (Fsp3) is 0.500. The normalized spacial score (nSPS) is 21.5. The Morgan fingerprint density at radius 3 is 2.55 bits per heavy atom. The number of aliphatic carboxylic acids is 1. The highest BCUT2D eigenvalue weighted by molar-refractivity contribution is 5.82. The smallest absolute Gasteiger partial charge is 0.303 e. The van der Waals surface area contributed by atoms with Crippen LogP contribution in [0.25, 0.3) is 0 Å². The second-order valence-corrected chi connectivity index (χ2v) is 5.73. The molecule has 0 aliphatic carbocycles. The third kappa shape index (κ3) is 3.16. The van der Waals surface area contributed by atoms with E-state index < -0.39 is 12.1 Å². The van der Waals surface area contributed by atoms with Crippen LogP contribution in [0, 0.1) is 5.92 Å². The Balaban J connectivity index is 1.56. The lowest BCUT2D eigenvalue weighted by Gasteiger charge is -2.35. The molecule has 0 radical (unpaired) electrons. The van der Waals surface area contributed by atoms with Gasteiger partial charge < -0.3 is 19.5 Å². The van der Waals surface area contributed by atoms with Crippen LogP contribution in [0.3, 0.4) is 0 Å². The molecule has 2 aliphatic rings. The molecule has 1 aromatic rings. The molecule has 1 unspecified atom stereocenters. The van der Waals surface area contributed by atoms with Crippen LogP contribution in [0.4, 0.5) is 0 Å². The monoisotopic (exact) mass is 305 g/mol. The predicted molar refractivity (Wildman–Crippen MR) is 77.9 cm³/mol. The Labute approximate surface area is 128 Å². The molecule has 3 rings (SSSR count). The molecule has 22 heavy (non-hydrogen) atoms. The zero-order chi connectivity index (χ0) is 15.5. The molecule has 2 heterocycles. The summed E-state index contributed by atoms with van der Waals surface area (Å²) in [6, 6.07) is 7.30. The van der Waals surface area contributed by atoms with Crippen molar-refractivity contribution in [1.29, 1.82) is 0 Å². The summed E-state index contributed by atoms with van der Waals surface area (Å²) in [6.07, 6.45) is 1.01. The van der Waals surface area contributed by atoms with Gasteiger partial charge in [0.25, 0.3) is 5.91 Å². The second-order valence-electron chi connectivity index (χ2n) is 5.73. The van der Waals surface area contributed by atoms with Gasteiger partial charge in [-0.2, -0.15) is 0 Å². The highest BCUT2D eigenvalue weighted by Gasteiger charge is 2.33. The van der Waals surface area contributed by atoms with Crippen LogP contribution in [0.1, 0.15) is 19.3 Å². The number of rotatable bonds is 3. The minimum atomic E-state index is -0.773. The first kappa shape index (κ1) is 14.7. The highest BCUT2D eigenvalue weighted by Crippen LogP contribution is 2.31. The zero-order valence-corrected chi connectivity index (χ0v) is 12.2. The highest BCUT2D eigenvalue weighted by atomic mass is 16.6. The van der Waals surface area contributed by atoms with Crippen LogP contribution in [-0.4, -0.2) is 47.7 Å². The zero-order valence-electron chi connectivity index (χ0n) is 12.2. The first-order chi connectivity index (χ1) is 10.6. The molecule has 1 atom stereocenters. The van der Waals surface area contributed by atoms with Gasteiger partial charge in [0.05, 0.1) is 0 Å². The molecule has 0 bridgehead atoms. The fourth-order valence-electron chi connectivity index (χ4n) is 2.95. The number of nitrogens with zero attached hydrogens (tertiary/aromatic N) is 1. The molecule has 1 saturated heterocycles. The third-order valence-electron chi connectivity index (χ3n) is 4.17. The van der Waals surface area contributed by atoms with Crippen molar-refractivity contribution >= 4 is 11.9 Å². The molecule has 0 aromatic heterocycles. The van der Waals surface area contributed by atoms with E-state index in [-0.39, 0.29) is 24.9 Å². The maximum Gasteiger partial charge on any atom is 0.303 e. The lowest BCUT2D eigenvalue weighted by atomic mass is 9.93. The molecular formula is C16H19NO5. The number of amides is 1. The number of carbonyl (C=O) groups is 2. The topological polar surface area (TPSA) is 76.1 Å². The van der Waals surface area contributed by atoms with Gasteiger partial charge in [0.15, 0.2) is 11.5 Å². The number of carbonyl (C=O) groups excluding carboxylic acids is 1. The molecular weight excluding hydrogens is 286 g/mol. The Morgan fingerprint density at radius 2 is 1.86 bits per heavy atom. The number of carboxylic acids is 1. The SMILES string of the molecule is O=C(O)CC1CCN(C(=O)C2COc3ccccc3O2)CC1. The summed E-state index contributed by atoms with van der Waals surface area (Å²) >= 11 is 0. The van der Waals surface area contributed by atoms with E-state index in [1.807, 2.05) is 18.2 Å². The van der Waals surface area contributed by atoms with Gasteiger partial charge >= 0.3 is 5.97 Å². The Morgan fingerprint density at radius 1 is 1.18 bits per heavy atom. The average Bonchev–Trinajstić information content (AvgIpc) is 2.54. The van der Waals surface area contributed by atoms with E-state index in [2.05, 4.69) is 0 Å². The van der Waals surface area contributed by atoms with E-state index in [9.17, 15) is 9.59 Å². The first-order valence-corrected chi connectivity index (χ1v) is 7.52. The Hall–Kier alpha value is -2.24. The second kappa shape index (κ2) is 6.25. The van der Waals surface area contributed by atoms with E-state index in [0.29, 0.717) is 24.6 Å². The van der Waals surface area contributed by atoms with Gasteiger partial charge in [-0.1, -0.05) is 12.1 Å². The van der Waals surface area contributed by atoms with E-state index in [4.69, 9.17) is 14.6 Å². The minimum Gasteiger partial charge on any atom is -0.485 e. The van der Waals surface area contributed by atoms with Crippen molar-refractivity contribution in [2.75, 3.05) is 19.7 Å². The maximum absolute atomic E-state index is 12.5. The van der Waals surface area contributed by atoms with Crippen molar-refractivity contribution < 1.29 is 24.2 Å². The number of hydrogen-bond acceptors (Lipinski definition) is 4. The molecule has 1 fully saturated rings. The molecule has 2 aliphatic heterocycles. The van der Waals surface area contributed by atoms with Crippen molar-refractivity contribution in [2.24, 2.45) is 5.92 Å². The van der Waals surface area contributed by atoms with Crippen molar-refractivity contribution in [3.63, 3.8) is 0 Å². The molecule has 0 saturated carbocycles. The molecule has 6 heteroatoms. The summed E-state index contributed by atoms with van der Waals surface area (Å²) in [5.74, 6) is 0.555. The largest absolute Gasteiger partial charge is 0.485 e. The van der Waals surface area contributed by atoms with Crippen LogP contribution < -0.4 is 9.47 Å². The standard InChI is InChI=1S/C16H19NO5/c18-15(19)9-11-5-7-17(8-6-11)16(20)14-10-21-12-3-1-2-4-13(12)22-14/h1-4,11,14H,5-10H2,(H,18,19). The summed E-state index contributed by atoms with van der Waals surface area (Å²) in [5, 5.41) is 8.82. The number of fused-ring (bicyclic) bond motifs is 1. The molecule has 0 spiro atoms. The average molecular weight is 305 g/mol. The molecule has 1 amide bonds. The van der Waals surface area contributed by atoms with Crippen LogP contribution in [0.5, 0.6) is 11.5 Å². The van der Waals surface area contributed by atoms with Gasteiger partial charge in [0.1, 0.15) is 6.61 Å². The predicted octanol–water partition coefficient (Wildman–Crippen LogP) is 1.54. The summed E-state index contributed by atoms with van der Waals surface area (Å²) in [5.41, 5.74) is 0. The van der Waals surface area contributed by atoms with E-state index >= 15 is 0 Å². The van der Waals surface area contributed by atoms with Crippen LogP contribution in [-0.2, 0) is 9.59 Å². The van der Waals surface area contributed by atoms with Crippen LogP contribution in [0.2, 0.25) is 0 Å².